The van der Waals surface area contributed by atoms with Crippen molar-refractivity contribution in [2.45, 2.75) is 57.1 Å². The molecule has 0 aliphatic carbocycles. The van der Waals surface area contributed by atoms with Gasteiger partial charge in [0.1, 0.15) is 18.3 Å². The molecule has 0 radical (unpaired) electrons. The van der Waals surface area contributed by atoms with E-state index < -0.39 is 28.5 Å². The number of sulfonamides is 1. The lowest BCUT2D eigenvalue weighted by Crippen LogP contribution is -2.54. The van der Waals surface area contributed by atoms with Crippen LogP contribution in [0.3, 0.4) is 0 Å². The van der Waals surface area contributed by atoms with Crippen LogP contribution >= 0.6 is 11.6 Å². The molecule has 0 heterocycles. The number of carbonyl (C=O) groups excluding carboxylic acids is 2. The molecule has 2 atom stereocenters. The van der Waals surface area contributed by atoms with Crippen LogP contribution in [0.2, 0.25) is 5.02 Å². The standard InChI is InChI=1S/C38H44ClN3O7S/c1-6-27(3)40-38(44)34(23-28-12-9-8-10-13-28)41(25-29-14-11-15-30(39)22-29)37(43)26-42(31-16-18-32(19-17-31)49-7-2)50(45,46)33-20-21-35(47-4)36(24-33)48-5/h8-22,24,27,34H,6-7,23,25-26H2,1-5H3,(H,40,44)/t27-,34+/m1/s1. The lowest BCUT2D eigenvalue weighted by molar-refractivity contribution is -0.140. The van der Waals surface area contributed by atoms with E-state index in [2.05, 4.69) is 5.32 Å². The van der Waals surface area contributed by atoms with Crippen LogP contribution in [-0.4, -0.2) is 64.6 Å². The van der Waals surface area contributed by atoms with Crippen LogP contribution in [0.5, 0.6) is 17.2 Å². The van der Waals surface area contributed by atoms with E-state index in [0.717, 1.165) is 9.87 Å². The summed E-state index contributed by atoms with van der Waals surface area (Å²) >= 11 is 6.34. The van der Waals surface area contributed by atoms with Gasteiger partial charge in [0, 0.05) is 30.1 Å². The number of halogens is 1. The topological polar surface area (TPSA) is 114 Å². The van der Waals surface area contributed by atoms with Crippen molar-refractivity contribution in [1.29, 1.82) is 0 Å². The average molecular weight is 722 g/mol. The van der Waals surface area contributed by atoms with Crippen molar-refractivity contribution in [2.75, 3.05) is 31.7 Å². The molecule has 1 N–H and O–H groups in total. The Balaban J connectivity index is 1.84. The van der Waals surface area contributed by atoms with E-state index in [0.29, 0.717) is 35.1 Å². The molecule has 50 heavy (non-hydrogen) atoms. The summed E-state index contributed by atoms with van der Waals surface area (Å²) in [7, 11) is -1.52. The number of nitrogens with zero attached hydrogens (tertiary/aromatic N) is 2. The third kappa shape index (κ3) is 9.70. The molecule has 4 aromatic rings. The van der Waals surface area contributed by atoms with Gasteiger partial charge in [0.2, 0.25) is 11.8 Å². The van der Waals surface area contributed by atoms with Gasteiger partial charge in [-0.3, -0.25) is 13.9 Å². The van der Waals surface area contributed by atoms with E-state index in [-0.39, 0.29) is 41.2 Å². The van der Waals surface area contributed by atoms with Crippen molar-refractivity contribution in [3.63, 3.8) is 0 Å². The first-order valence-corrected chi connectivity index (χ1v) is 18.2. The fraction of sp³-hybridized carbons (Fsp3) is 0.316. The summed E-state index contributed by atoms with van der Waals surface area (Å²) in [4.78, 5) is 30.1. The van der Waals surface area contributed by atoms with Crippen LogP contribution in [0.15, 0.2) is 102 Å². The lowest BCUT2D eigenvalue weighted by atomic mass is 10.0. The van der Waals surface area contributed by atoms with Crippen LogP contribution in [0, 0.1) is 0 Å². The molecule has 4 aromatic carbocycles. The highest BCUT2D eigenvalue weighted by atomic mass is 35.5. The quantitative estimate of drug-likeness (QED) is 0.132. The van der Waals surface area contributed by atoms with Gasteiger partial charge in [-0.15, -0.1) is 0 Å². The summed E-state index contributed by atoms with van der Waals surface area (Å²) in [5, 5.41) is 3.50. The number of nitrogens with one attached hydrogen (secondary N) is 1. The number of hydrogen-bond donors (Lipinski definition) is 1. The minimum Gasteiger partial charge on any atom is -0.494 e. The second-order valence-corrected chi connectivity index (χ2v) is 13.9. The maximum absolute atomic E-state index is 14.7. The molecule has 0 saturated heterocycles. The molecule has 4 rings (SSSR count). The van der Waals surface area contributed by atoms with Gasteiger partial charge in [-0.05, 0) is 79.9 Å². The number of carbonyl (C=O) groups is 2. The molecule has 10 nitrogen and oxygen atoms in total. The zero-order valence-corrected chi connectivity index (χ0v) is 30.5. The number of rotatable bonds is 17. The summed E-state index contributed by atoms with van der Waals surface area (Å²) in [6, 6.07) is 25.9. The van der Waals surface area contributed by atoms with Crippen molar-refractivity contribution in [3.05, 3.63) is 113 Å². The van der Waals surface area contributed by atoms with Gasteiger partial charge in [-0.25, -0.2) is 8.42 Å². The molecule has 0 fully saturated rings. The SMILES string of the molecule is CCOc1ccc(N(CC(=O)N(Cc2cccc(Cl)c2)[C@@H](Cc2ccccc2)C(=O)N[C@H](C)CC)S(=O)(=O)c2ccc(OC)c(OC)c2)cc1. The van der Waals surface area contributed by atoms with E-state index in [1.165, 1.54) is 37.3 Å². The first-order valence-electron chi connectivity index (χ1n) is 16.4. The third-order valence-corrected chi connectivity index (χ3v) is 10.2. The highest BCUT2D eigenvalue weighted by Crippen LogP contribution is 2.33. The summed E-state index contributed by atoms with van der Waals surface area (Å²) in [6.07, 6.45) is 0.877. The molecule has 0 bridgehead atoms. The summed E-state index contributed by atoms with van der Waals surface area (Å²) in [5.41, 5.74) is 1.74. The molecule has 0 spiro atoms. The molecule has 12 heteroatoms. The van der Waals surface area contributed by atoms with Gasteiger partial charge >= 0.3 is 0 Å². The van der Waals surface area contributed by atoms with Gasteiger partial charge < -0.3 is 24.4 Å². The molecular weight excluding hydrogens is 678 g/mol. The highest BCUT2D eigenvalue weighted by molar-refractivity contribution is 7.92. The predicted octanol–water partition coefficient (Wildman–Crippen LogP) is 6.51. The van der Waals surface area contributed by atoms with Gasteiger partial charge in [0.15, 0.2) is 11.5 Å². The fourth-order valence-electron chi connectivity index (χ4n) is 5.34. The third-order valence-electron chi connectivity index (χ3n) is 8.17. The molecule has 2 amide bonds. The molecule has 266 valence electrons. The van der Waals surface area contributed by atoms with E-state index >= 15 is 0 Å². The molecule has 0 aromatic heterocycles. The Hall–Kier alpha value is -4.74. The first-order chi connectivity index (χ1) is 24.0. The van der Waals surface area contributed by atoms with Crippen LogP contribution in [0.25, 0.3) is 0 Å². The Morgan fingerprint density at radius 1 is 0.840 bits per heavy atom. The van der Waals surface area contributed by atoms with Crippen LogP contribution in [0.4, 0.5) is 5.69 Å². The number of benzene rings is 4. The van der Waals surface area contributed by atoms with Gasteiger partial charge in [0.05, 0.1) is 31.4 Å². The molecule has 0 aliphatic heterocycles. The number of ether oxygens (including phenoxy) is 3. The molecule has 0 aliphatic rings. The maximum atomic E-state index is 14.7. The minimum atomic E-state index is -4.38. The Morgan fingerprint density at radius 3 is 2.14 bits per heavy atom. The Labute approximate surface area is 300 Å². The van der Waals surface area contributed by atoms with Crippen LogP contribution in [-0.2, 0) is 32.6 Å². The Bertz CT molecular complexity index is 1840. The number of amides is 2. The summed E-state index contributed by atoms with van der Waals surface area (Å²) in [5.74, 6) is 0.146. The Morgan fingerprint density at radius 2 is 1.52 bits per heavy atom. The summed E-state index contributed by atoms with van der Waals surface area (Å²) in [6.45, 7) is 5.50. The van der Waals surface area contributed by atoms with Gasteiger partial charge in [-0.1, -0.05) is 61.0 Å². The smallest absolute Gasteiger partial charge is 0.264 e. The van der Waals surface area contributed by atoms with Crippen molar-refractivity contribution >= 4 is 39.1 Å². The Kier molecular flexibility index (Phi) is 13.5. The normalized spacial score (nSPS) is 12.4. The minimum absolute atomic E-state index is 0.00164. The van der Waals surface area contributed by atoms with Crippen LogP contribution < -0.4 is 23.8 Å². The van der Waals surface area contributed by atoms with E-state index in [1.807, 2.05) is 57.2 Å². The average Bonchev–Trinajstić information content (AvgIpc) is 3.12. The second-order valence-electron chi connectivity index (χ2n) is 11.6. The van der Waals surface area contributed by atoms with Gasteiger partial charge in [0.25, 0.3) is 10.0 Å². The van der Waals surface area contributed by atoms with Crippen molar-refractivity contribution in [2.24, 2.45) is 0 Å². The number of methoxy groups -OCH3 is 2. The van der Waals surface area contributed by atoms with Crippen molar-refractivity contribution < 1.29 is 32.2 Å². The molecule has 0 saturated carbocycles. The van der Waals surface area contributed by atoms with Crippen LogP contribution in [0.1, 0.15) is 38.3 Å². The zero-order valence-electron chi connectivity index (χ0n) is 29.0. The first kappa shape index (κ1) is 38.1. The number of hydrogen-bond acceptors (Lipinski definition) is 7. The fourth-order valence-corrected chi connectivity index (χ4v) is 6.98. The van der Waals surface area contributed by atoms with E-state index in [1.54, 1.807) is 42.5 Å². The monoisotopic (exact) mass is 721 g/mol. The van der Waals surface area contributed by atoms with Crippen molar-refractivity contribution in [1.82, 2.24) is 10.2 Å². The largest absolute Gasteiger partial charge is 0.494 e. The molecule has 0 unspecified atom stereocenters. The zero-order chi connectivity index (χ0) is 36.3. The second kappa shape index (κ2) is 17.8. The molecular formula is C38H44ClN3O7S. The lowest BCUT2D eigenvalue weighted by Gasteiger charge is -2.34. The highest BCUT2D eigenvalue weighted by Gasteiger charge is 2.35. The predicted molar refractivity (Wildman–Crippen MR) is 196 cm³/mol. The number of anilines is 1. The van der Waals surface area contributed by atoms with E-state index in [4.69, 9.17) is 25.8 Å². The summed E-state index contributed by atoms with van der Waals surface area (Å²) < 4.78 is 46.3. The van der Waals surface area contributed by atoms with Crippen molar-refractivity contribution in [3.8, 4) is 17.2 Å². The maximum Gasteiger partial charge on any atom is 0.264 e. The van der Waals surface area contributed by atoms with Gasteiger partial charge in [-0.2, -0.15) is 0 Å². The van der Waals surface area contributed by atoms with E-state index in [9.17, 15) is 18.0 Å².